The number of hydrogen-bond donors (Lipinski definition) is 0. The summed E-state index contributed by atoms with van der Waals surface area (Å²) >= 11 is 3.27. The zero-order valence-electron chi connectivity index (χ0n) is 6.72. The minimum atomic E-state index is 0. The van der Waals surface area contributed by atoms with Gasteiger partial charge in [-0.3, -0.25) is 5.73 Å². The van der Waals surface area contributed by atoms with Crippen molar-refractivity contribution < 1.29 is 23.6 Å². The molecule has 4 heteroatoms. The Morgan fingerprint density at radius 3 is 2.20 bits per heavy atom. The van der Waals surface area contributed by atoms with E-state index in [2.05, 4.69) is 16.7 Å². The number of ether oxygens (including phenoxy) is 1. The number of thioether (sulfide) groups is 2. The molecule has 0 saturated heterocycles. The van der Waals surface area contributed by atoms with E-state index in [1.807, 2.05) is 12.5 Å². The number of hydrogen-bond acceptors (Lipinski definition) is 3. The van der Waals surface area contributed by atoms with E-state index < -0.39 is 0 Å². The van der Waals surface area contributed by atoms with Crippen LogP contribution < -0.4 is 18.9 Å². The predicted octanol–water partition coefficient (Wildman–Crippen LogP) is -0.880. The molecule has 0 aliphatic carbocycles. The molecule has 0 aliphatic rings. The summed E-state index contributed by atoms with van der Waals surface area (Å²) in [5.74, 6) is 0. The minimum absolute atomic E-state index is 0. The van der Waals surface area contributed by atoms with Gasteiger partial charge in [0, 0.05) is 0 Å². The first-order valence-corrected chi connectivity index (χ1v) is 4.79. The summed E-state index contributed by atoms with van der Waals surface area (Å²) in [7, 11) is 1.56. The number of methoxy groups -OCH3 is 1. The van der Waals surface area contributed by atoms with Crippen molar-refractivity contribution in [2.24, 2.45) is 0 Å². The summed E-state index contributed by atoms with van der Waals surface area (Å²) in [6.45, 7) is 0. The van der Waals surface area contributed by atoms with Crippen LogP contribution in [-0.2, 0) is 4.74 Å². The van der Waals surface area contributed by atoms with Gasteiger partial charge in [-0.05, 0) is 18.8 Å². The topological polar surface area (TPSA) is 9.23 Å². The molecular weight excluding hydrogens is 159 g/mol. The molecule has 0 aromatic carbocycles. The van der Waals surface area contributed by atoms with Gasteiger partial charge in [-0.2, -0.15) is 0 Å². The van der Waals surface area contributed by atoms with Crippen molar-refractivity contribution in [2.75, 3.05) is 19.6 Å². The van der Waals surface area contributed by atoms with Crippen LogP contribution >= 0.6 is 23.5 Å². The molecule has 0 atom stereocenters. The molecule has 0 saturated carbocycles. The van der Waals surface area contributed by atoms with Gasteiger partial charge in [-0.1, -0.05) is 4.24 Å². The van der Waals surface area contributed by atoms with E-state index in [0.717, 1.165) is 4.24 Å². The molecule has 0 aromatic heterocycles. The summed E-state index contributed by atoms with van der Waals surface area (Å²) in [5, 5.41) is 0. The Labute approximate surface area is 82.8 Å². The second kappa shape index (κ2) is 9.62. The maximum absolute atomic E-state index is 4.57. The predicted molar refractivity (Wildman–Crippen MR) is 44.3 cm³/mol. The van der Waals surface area contributed by atoms with E-state index in [9.17, 15) is 0 Å². The van der Waals surface area contributed by atoms with Crippen LogP contribution in [0.2, 0.25) is 0 Å². The molecule has 0 unspecified atom stereocenters. The van der Waals surface area contributed by atoms with Crippen LogP contribution in [0.25, 0.3) is 0 Å². The molecule has 0 bridgehead atoms. The first-order chi connectivity index (χ1) is 4.35. The third-order valence-corrected chi connectivity index (χ3v) is 2.57. The molecule has 0 aromatic rings. The van der Waals surface area contributed by atoms with Gasteiger partial charge in [0.1, 0.15) is 0 Å². The van der Waals surface area contributed by atoms with Crippen molar-refractivity contribution in [2.45, 2.75) is 0 Å². The van der Waals surface area contributed by atoms with Crippen LogP contribution in [0.5, 0.6) is 0 Å². The van der Waals surface area contributed by atoms with E-state index in [-0.39, 0.29) is 18.9 Å². The van der Waals surface area contributed by atoms with E-state index in [0.29, 0.717) is 0 Å². The Hall–Kier alpha value is 0.617. The van der Waals surface area contributed by atoms with Crippen molar-refractivity contribution in [3.8, 4) is 0 Å². The van der Waals surface area contributed by atoms with Gasteiger partial charge < -0.3 is 4.74 Å². The zero-order chi connectivity index (χ0) is 7.11. The molecule has 0 aliphatic heterocycles. The van der Waals surface area contributed by atoms with Crippen LogP contribution in [0.4, 0.5) is 0 Å². The SMILES string of the molecule is CO[C-]=C=C(SC)SC.[Li+]. The molecule has 0 N–H and O–H groups in total. The zero-order valence-corrected chi connectivity index (χ0v) is 8.36. The van der Waals surface area contributed by atoms with Gasteiger partial charge in [-0.25, -0.2) is 23.5 Å². The molecule has 0 amide bonds. The Balaban J connectivity index is 0. The largest absolute Gasteiger partial charge is 1.00 e. The molecule has 10 heavy (non-hydrogen) atoms. The Bertz CT molecular complexity index is 124. The minimum Gasteiger partial charge on any atom is -0.588 e. The van der Waals surface area contributed by atoms with E-state index >= 15 is 0 Å². The smallest absolute Gasteiger partial charge is 0.588 e. The molecule has 52 valence electrons. The van der Waals surface area contributed by atoms with Crippen LogP contribution in [0, 0.1) is 6.26 Å². The van der Waals surface area contributed by atoms with E-state index in [1.54, 1.807) is 30.6 Å². The van der Waals surface area contributed by atoms with Gasteiger partial charge in [0.25, 0.3) is 0 Å². The second-order valence-corrected chi connectivity index (χ2v) is 3.02. The Morgan fingerprint density at radius 2 is 1.90 bits per heavy atom. The quantitative estimate of drug-likeness (QED) is 0.234. The van der Waals surface area contributed by atoms with Gasteiger partial charge in [0.2, 0.25) is 0 Å². The molecule has 0 radical (unpaired) electrons. The standard InChI is InChI=1S/C6H9OS2.Li/c1-7-5-4-6(8-2)9-3;/h1-3H3;/q-1;+1. The van der Waals surface area contributed by atoms with Crippen molar-refractivity contribution >= 4 is 23.5 Å². The summed E-state index contributed by atoms with van der Waals surface area (Å²) < 4.78 is 5.65. The summed E-state index contributed by atoms with van der Waals surface area (Å²) in [5.41, 5.74) is 2.84. The third-order valence-electron chi connectivity index (χ3n) is 0.626. The van der Waals surface area contributed by atoms with Gasteiger partial charge in [0.15, 0.2) is 0 Å². The van der Waals surface area contributed by atoms with Crippen LogP contribution in [-0.4, -0.2) is 19.6 Å². The maximum Gasteiger partial charge on any atom is 1.00 e. The molecule has 0 fully saturated rings. The first kappa shape index (κ1) is 13.2. The van der Waals surface area contributed by atoms with E-state index in [1.165, 1.54) is 0 Å². The van der Waals surface area contributed by atoms with Crippen molar-refractivity contribution in [3.63, 3.8) is 0 Å². The third kappa shape index (κ3) is 6.73. The monoisotopic (exact) mass is 168 g/mol. The molecule has 0 spiro atoms. The number of rotatable bonds is 3. The van der Waals surface area contributed by atoms with Gasteiger partial charge >= 0.3 is 18.9 Å². The van der Waals surface area contributed by atoms with Crippen molar-refractivity contribution in [3.05, 3.63) is 16.2 Å². The van der Waals surface area contributed by atoms with Crippen molar-refractivity contribution in [1.82, 2.24) is 0 Å². The van der Waals surface area contributed by atoms with E-state index in [4.69, 9.17) is 0 Å². The molecule has 1 nitrogen and oxygen atoms in total. The first-order valence-electron chi connectivity index (χ1n) is 2.34. The summed E-state index contributed by atoms with van der Waals surface area (Å²) in [4.78, 5) is 0. The maximum atomic E-state index is 4.57. The second-order valence-electron chi connectivity index (χ2n) is 1.13. The fraction of sp³-hybridized carbons (Fsp3) is 0.500. The van der Waals surface area contributed by atoms with Gasteiger partial charge in [0.05, 0.1) is 7.11 Å². The normalized spacial score (nSPS) is 7.10. The average Bonchev–Trinajstić information content (AvgIpc) is 1.91. The summed E-state index contributed by atoms with van der Waals surface area (Å²) in [6.07, 6.45) is 6.51. The average molecular weight is 168 g/mol. The molecule has 0 heterocycles. The summed E-state index contributed by atoms with van der Waals surface area (Å²) in [6, 6.07) is 0. The molecule has 0 rings (SSSR count). The fourth-order valence-electron chi connectivity index (χ4n) is 0.278. The fourth-order valence-corrected chi connectivity index (χ4v) is 1.23. The van der Waals surface area contributed by atoms with Gasteiger partial charge in [-0.15, -0.1) is 0 Å². The van der Waals surface area contributed by atoms with Crippen LogP contribution in [0.3, 0.4) is 0 Å². The van der Waals surface area contributed by atoms with Crippen LogP contribution in [0.1, 0.15) is 0 Å². The molecular formula is C6H9LiOS2. The van der Waals surface area contributed by atoms with Crippen molar-refractivity contribution in [1.29, 1.82) is 0 Å². The Kier molecular flexibility index (Phi) is 12.7. The Morgan fingerprint density at radius 1 is 1.40 bits per heavy atom. The van der Waals surface area contributed by atoms with Crippen LogP contribution in [0.15, 0.2) is 9.97 Å².